The summed E-state index contributed by atoms with van der Waals surface area (Å²) >= 11 is 0. The van der Waals surface area contributed by atoms with Crippen LogP contribution in [0.4, 0.5) is 19.0 Å². The van der Waals surface area contributed by atoms with Crippen LogP contribution in [0.25, 0.3) is 32.9 Å². The number of nitrogens with one attached hydrogen (secondary N) is 1. The molecular formula is C34H36F3N5O3. The summed E-state index contributed by atoms with van der Waals surface area (Å²) in [5.41, 5.74) is 0.104. The van der Waals surface area contributed by atoms with Crippen molar-refractivity contribution in [2.45, 2.75) is 81.6 Å². The number of fused-ring (bicyclic) bond motifs is 3. The van der Waals surface area contributed by atoms with Crippen molar-refractivity contribution in [3.05, 3.63) is 47.7 Å². The number of halogens is 3. The highest BCUT2D eigenvalue weighted by Crippen LogP contribution is 2.46. The number of hydrogen-bond donors (Lipinski definition) is 2. The molecule has 11 heteroatoms. The highest BCUT2D eigenvalue weighted by Gasteiger charge is 2.50. The first-order valence-corrected chi connectivity index (χ1v) is 16.0. The van der Waals surface area contributed by atoms with Crippen molar-refractivity contribution in [2.75, 3.05) is 31.6 Å². The summed E-state index contributed by atoms with van der Waals surface area (Å²) in [5.74, 6) is -0.814. The van der Waals surface area contributed by atoms with Crippen LogP contribution in [0.15, 0.2) is 30.5 Å². The van der Waals surface area contributed by atoms with E-state index in [-0.39, 0.29) is 46.8 Å². The summed E-state index contributed by atoms with van der Waals surface area (Å²) in [6, 6.07) is 5.93. The lowest BCUT2D eigenvalue weighted by Crippen LogP contribution is -2.50. The summed E-state index contributed by atoms with van der Waals surface area (Å²) < 4.78 is 58.2. The molecule has 2 aromatic carbocycles. The second-order valence-corrected chi connectivity index (χ2v) is 13.3. The predicted molar refractivity (Wildman–Crippen MR) is 164 cm³/mol. The minimum Gasteiger partial charge on any atom is -0.508 e. The van der Waals surface area contributed by atoms with E-state index < -0.39 is 23.3 Å². The molecule has 1 aliphatic carbocycles. The van der Waals surface area contributed by atoms with E-state index in [9.17, 15) is 13.9 Å². The number of hydrogen-bond acceptors (Lipinski definition) is 8. The third kappa shape index (κ3) is 4.77. The fourth-order valence-corrected chi connectivity index (χ4v) is 8.29. The molecular weight excluding hydrogens is 583 g/mol. The Morgan fingerprint density at radius 3 is 2.80 bits per heavy atom. The molecule has 8 nitrogen and oxygen atoms in total. The van der Waals surface area contributed by atoms with Crippen LogP contribution in [0.2, 0.25) is 0 Å². The van der Waals surface area contributed by atoms with Crippen LogP contribution in [0.1, 0.15) is 57.4 Å². The Balaban J connectivity index is 1.22. The number of alkyl halides is 1. The molecule has 3 saturated heterocycles. The Labute approximate surface area is 259 Å². The van der Waals surface area contributed by atoms with Crippen molar-refractivity contribution in [1.29, 1.82) is 0 Å². The molecule has 4 aromatic rings. The molecule has 5 heterocycles. The van der Waals surface area contributed by atoms with Gasteiger partial charge in [-0.25, -0.2) is 13.2 Å². The number of rotatable bonds is 7. The summed E-state index contributed by atoms with van der Waals surface area (Å²) in [6.07, 6.45) is 6.86. The molecule has 4 aliphatic rings. The van der Waals surface area contributed by atoms with Crippen LogP contribution in [0, 0.1) is 11.6 Å². The largest absolute Gasteiger partial charge is 0.508 e. The zero-order chi connectivity index (χ0) is 30.9. The molecule has 2 atom stereocenters. The van der Waals surface area contributed by atoms with E-state index in [2.05, 4.69) is 25.2 Å². The normalized spacial score (nSPS) is 27.8. The van der Waals surface area contributed by atoms with Gasteiger partial charge in [-0.05, 0) is 86.0 Å². The molecule has 2 aromatic heterocycles. The third-order valence-electron chi connectivity index (χ3n) is 10.4. The van der Waals surface area contributed by atoms with Gasteiger partial charge in [0.15, 0.2) is 5.82 Å². The number of nitrogens with zero attached hydrogens (tertiary/aromatic N) is 4. The number of benzene rings is 2. The number of ether oxygens (including phenoxy) is 2. The van der Waals surface area contributed by atoms with Gasteiger partial charge in [0.25, 0.3) is 0 Å². The van der Waals surface area contributed by atoms with Crippen molar-refractivity contribution in [2.24, 2.45) is 0 Å². The van der Waals surface area contributed by atoms with E-state index >= 15 is 4.39 Å². The van der Waals surface area contributed by atoms with Gasteiger partial charge in [0, 0.05) is 37.4 Å². The molecule has 1 saturated carbocycles. The van der Waals surface area contributed by atoms with Gasteiger partial charge in [0.05, 0.1) is 16.5 Å². The smallest absolute Gasteiger partial charge is 0.319 e. The lowest BCUT2D eigenvalue weighted by Gasteiger charge is -2.44. The highest BCUT2D eigenvalue weighted by molar-refractivity contribution is 6.01. The lowest BCUT2D eigenvalue weighted by molar-refractivity contribution is -0.0630. The first-order chi connectivity index (χ1) is 21.8. The number of aromatic hydroxyl groups is 1. The molecule has 4 fully saturated rings. The predicted octanol–water partition coefficient (Wildman–Crippen LogP) is 6.47. The number of phenolic OH excluding ortho intramolecular Hbond substituents is 1. The fraction of sp³-hybridized carbons (Fsp3) is 0.500. The Morgan fingerprint density at radius 1 is 1.13 bits per heavy atom. The number of aryl methyl sites for hydroxylation is 1. The van der Waals surface area contributed by atoms with Gasteiger partial charge in [-0.1, -0.05) is 13.0 Å². The van der Waals surface area contributed by atoms with Gasteiger partial charge in [0.2, 0.25) is 0 Å². The van der Waals surface area contributed by atoms with Crippen molar-refractivity contribution in [1.82, 2.24) is 19.9 Å². The summed E-state index contributed by atoms with van der Waals surface area (Å²) in [7, 11) is 0. The molecule has 0 bridgehead atoms. The van der Waals surface area contributed by atoms with E-state index in [1.165, 1.54) is 24.4 Å². The first-order valence-electron chi connectivity index (χ1n) is 16.0. The maximum absolute atomic E-state index is 16.7. The molecule has 0 amide bonds. The molecule has 8 rings (SSSR count). The van der Waals surface area contributed by atoms with E-state index in [0.29, 0.717) is 46.9 Å². The molecule has 2 N–H and O–H groups in total. The minimum atomic E-state index is -0.909. The number of pyridine rings is 1. The van der Waals surface area contributed by atoms with Gasteiger partial charge in [-0.3, -0.25) is 9.88 Å². The van der Waals surface area contributed by atoms with Crippen LogP contribution in [0.3, 0.4) is 0 Å². The average molecular weight is 620 g/mol. The van der Waals surface area contributed by atoms with E-state index in [4.69, 9.17) is 9.47 Å². The molecule has 3 aliphatic heterocycles. The SMILES string of the molecule is CCc1c(F)ccc2cc(O)cc(-c3ncc4c(NC5CC6(CCCO6)C5)nc(OC[C@@]56CCCN5C[C@H](F)C6)nc4c3F)c12. The topological polar surface area (TPSA) is 92.6 Å². The van der Waals surface area contributed by atoms with Gasteiger partial charge in [-0.2, -0.15) is 9.97 Å². The van der Waals surface area contributed by atoms with E-state index in [1.807, 2.05) is 6.92 Å². The van der Waals surface area contributed by atoms with Gasteiger partial charge < -0.3 is 19.9 Å². The van der Waals surface area contributed by atoms with Crippen molar-refractivity contribution in [3.63, 3.8) is 0 Å². The second kappa shape index (κ2) is 10.7. The summed E-state index contributed by atoms with van der Waals surface area (Å²) in [4.78, 5) is 15.9. The molecule has 0 unspecified atom stereocenters. The summed E-state index contributed by atoms with van der Waals surface area (Å²) in [5, 5.41) is 15.5. The third-order valence-corrected chi connectivity index (χ3v) is 10.4. The molecule has 236 valence electrons. The first kappa shape index (κ1) is 28.8. The van der Waals surface area contributed by atoms with Crippen molar-refractivity contribution < 1.29 is 27.8 Å². The fourth-order valence-electron chi connectivity index (χ4n) is 8.29. The number of phenols is 1. The Bertz CT molecular complexity index is 1810. The molecule has 45 heavy (non-hydrogen) atoms. The van der Waals surface area contributed by atoms with Crippen molar-refractivity contribution in [3.8, 4) is 23.0 Å². The van der Waals surface area contributed by atoms with E-state index in [1.54, 1.807) is 6.07 Å². The van der Waals surface area contributed by atoms with E-state index in [0.717, 1.165) is 51.7 Å². The van der Waals surface area contributed by atoms with Crippen LogP contribution < -0.4 is 10.1 Å². The second-order valence-electron chi connectivity index (χ2n) is 13.3. The Kier molecular flexibility index (Phi) is 6.83. The lowest BCUT2D eigenvalue weighted by atomic mass is 9.74. The zero-order valence-corrected chi connectivity index (χ0v) is 25.2. The van der Waals surface area contributed by atoms with Gasteiger partial charge >= 0.3 is 6.01 Å². The monoisotopic (exact) mass is 619 g/mol. The highest BCUT2D eigenvalue weighted by atomic mass is 19.1. The van der Waals surface area contributed by atoms with Gasteiger partial charge in [0.1, 0.15) is 41.4 Å². The van der Waals surface area contributed by atoms with Crippen LogP contribution >= 0.6 is 0 Å². The quantitative estimate of drug-likeness (QED) is 0.243. The Hall–Kier alpha value is -3.70. The maximum Gasteiger partial charge on any atom is 0.319 e. The molecule has 1 spiro atoms. The average Bonchev–Trinajstić information content (AvgIpc) is 3.71. The minimum absolute atomic E-state index is 0.000153. The number of aromatic nitrogens is 3. The maximum atomic E-state index is 16.7. The van der Waals surface area contributed by atoms with Crippen LogP contribution in [-0.4, -0.2) is 74.6 Å². The van der Waals surface area contributed by atoms with Crippen LogP contribution in [0.5, 0.6) is 11.8 Å². The number of anilines is 1. The zero-order valence-electron chi connectivity index (χ0n) is 25.2. The van der Waals surface area contributed by atoms with Crippen molar-refractivity contribution >= 4 is 27.5 Å². The van der Waals surface area contributed by atoms with Gasteiger partial charge in [-0.15, -0.1) is 0 Å². The molecule has 0 radical (unpaired) electrons. The van der Waals surface area contributed by atoms with Crippen LogP contribution in [-0.2, 0) is 11.2 Å². The standard InChI is InChI=1S/C34H36F3N5O3/c1-2-23-26(36)6-5-19-11-22(43)12-24(27(19)23)29-28(37)30-25(16-38-29)31(39-21-14-34(15-21)8-4-10-45-34)41-32(40-30)44-18-33-7-3-9-42(33)17-20(35)13-33/h5-6,11-12,16,20-21,43H,2-4,7-10,13-15,17-18H2,1H3,(H,39,40,41)/t20-,21?,33+,34?/m1/s1. The Morgan fingerprint density at radius 2 is 2.00 bits per heavy atom. The summed E-state index contributed by atoms with van der Waals surface area (Å²) in [6.45, 7) is 4.01.